The van der Waals surface area contributed by atoms with Gasteiger partial charge in [0.05, 0.1) is 13.0 Å². The molecule has 0 bridgehead atoms. The molecule has 0 aromatic heterocycles. The second kappa shape index (κ2) is 10.4. The van der Waals surface area contributed by atoms with Gasteiger partial charge in [0.1, 0.15) is 11.7 Å². The van der Waals surface area contributed by atoms with Crippen molar-refractivity contribution in [2.45, 2.75) is 117 Å². The van der Waals surface area contributed by atoms with Crippen molar-refractivity contribution in [1.82, 2.24) is 0 Å². The zero-order chi connectivity index (χ0) is 21.7. The van der Waals surface area contributed by atoms with Crippen molar-refractivity contribution in [1.29, 1.82) is 0 Å². The van der Waals surface area contributed by atoms with Crippen LogP contribution in [0.2, 0.25) is 0 Å². The van der Waals surface area contributed by atoms with E-state index in [1.807, 2.05) is 6.92 Å². The highest BCUT2D eigenvalue weighted by molar-refractivity contribution is 5.72. The lowest BCUT2D eigenvalue weighted by Gasteiger charge is -2.37. The molecule has 0 spiro atoms. The number of carbonyl (C=O) groups excluding carboxylic acids is 1. The van der Waals surface area contributed by atoms with E-state index in [0.29, 0.717) is 5.41 Å². The van der Waals surface area contributed by atoms with Crippen LogP contribution >= 0.6 is 0 Å². The molecule has 1 saturated heterocycles. The Morgan fingerprint density at radius 1 is 1.21 bits per heavy atom. The maximum atomic E-state index is 11.7. The molecule has 168 valence electrons. The van der Waals surface area contributed by atoms with Gasteiger partial charge in [-0.3, -0.25) is 4.79 Å². The van der Waals surface area contributed by atoms with Crippen molar-refractivity contribution in [3.05, 3.63) is 11.1 Å². The Hall–Kier alpha value is -0.870. The second-order valence-corrected chi connectivity index (χ2v) is 10.6. The van der Waals surface area contributed by atoms with Crippen molar-refractivity contribution in [3.63, 3.8) is 0 Å². The Morgan fingerprint density at radius 2 is 1.93 bits per heavy atom. The maximum Gasteiger partial charge on any atom is 0.311 e. The molecule has 1 heterocycles. The minimum absolute atomic E-state index is 0.204. The van der Waals surface area contributed by atoms with Crippen molar-refractivity contribution < 1.29 is 19.3 Å². The van der Waals surface area contributed by atoms with Gasteiger partial charge in [0.25, 0.3) is 0 Å². The standard InChI is InChI=1S/C25H44O4/c1-18(12-13-21-19(2)11-9-15-24(21,4)5)10-8-16-25(6)17-14-22(28-29-25)20(3)23(26)27-7/h18,20,22H,8-17H2,1-7H3/t18?,20-,22+,25-/m0/s1. The van der Waals surface area contributed by atoms with Crippen LogP contribution in [0.15, 0.2) is 11.1 Å². The summed E-state index contributed by atoms with van der Waals surface area (Å²) in [5.41, 5.74) is 3.51. The van der Waals surface area contributed by atoms with Gasteiger partial charge < -0.3 is 4.74 Å². The minimum atomic E-state index is -0.286. The first kappa shape index (κ1) is 24.4. The first-order valence-corrected chi connectivity index (χ1v) is 11.7. The fourth-order valence-corrected chi connectivity index (χ4v) is 5.14. The summed E-state index contributed by atoms with van der Waals surface area (Å²) in [7, 11) is 1.42. The number of methoxy groups -OCH3 is 1. The summed E-state index contributed by atoms with van der Waals surface area (Å²) >= 11 is 0. The molecule has 0 radical (unpaired) electrons. The van der Waals surface area contributed by atoms with E-state index in [1.54, 1.807) is 11.1 Å². The van der Waals surface area contributed by atoms with Gasteiger partial charge in [-0.05, 0) is 83.5 Å². The highest BCUT2D eigenvalue weighted by Crippen LogP contribution is 2.43. The molecule has 1 fully saturated rings. The van der Waals surface area contributed by atoms with E-state index in [4.69, 9.17) is 14.5 Å². The Kier molecular flexibility index (Phi) is 8.78. The average molecular weight is 409 g/mol. The van der Waals surface area contributed by atoms with E-state index < -0.39 is 0 Å². The van der Waals surface area contributed by atoms with Gasteiger partial charge in [-0.25, -0.2) is 9.78 Å². The van der Waals surface area contributed by atoms with E-state index >= 15 is 0 Å². The quantitative estimate of drug-likeness (QED) is 0.240. The highest BCUT2D eigenvalue weighted by Gasteiger charge is 2.38. The lowest BCUT2D eigenvalue weighted by Crippen LogP contribution is -2.41. The third-order valence-electron chi connectivity index (χ3n) is 7.44. The molecule has 29 heavy (non-hydrogen) atoms. The molecule has 2 rings (SSSR count). The van der Waals surface area contributed by atoms with Gasteiger partial charge in [-0.15, -0.1) is 0 Å². The summed E-state index contributed by atoms with van der Waals surface area (Å²) in [6.07, 6.45) is 11.4. The molecule has 0 aromatic rings. The lowest BCUT2D eigenvalue weighted by atomic mass is 9.70. The number of hydrogen-bond acceptors (Lipinski definition) is 4. The summed E-state index contributed by atoms with van der Waals surface area (Å²) in [6, 6.07) is 0. The van der Waals surface area contributed by atoms with E-state index in [-0.39, 0.29) is 23.6 Å². The smallest absolute Gasteiger partial charge is 0.311 e. The van der Waals surface area contributed by atoms with Crippen LogP contribution in [0.1, 0.15) is 106 Å². The van der Waals surface area contributed by atoms with Crippen LogP contribution in [0.4, 0.5) is 0 Å². The Bertz CT molecular complexity index is 569. The Morgan fingerprint density at radius 3 is 2.52 bits per heavy atom. The van der Waals surface area contributed by atoms with Gasteiger partial charge in [0.2, 0.25) is 0 Å². The van der Waals surface area contributed by atoms with Gasteiger partial charge in [0.15, 0.2) is 0 Å². The molecule has 4 heteroatoms. The van der Waals surface area contributed by atoms with Crippen molar-refractivity contribution in [3.8, 4) is 0 Å². The first-order valence-electron chi connectivity index (χ1n) is 11.7. The SMILES string of the molecule is COC(=O)[C@@H](C)[C@H]1CC[C@](C)(CCCC(C)CCC2=C(C)CCCC2(C)C)OO1. The minimum Gasteiger partial charge on any atom is -0.469 e. The molecule has 0 amide bonds. The predicted molar refractivity (Wildman–Crippen MR) is 117 cm³/mol. The zero-order valence-corrected chi connectivity index (χ0v) is 19.9. The number of ether oxygens (including phenoxy) is 1. The Labute approximate surface area is 178 Å². The molecule has 0 N–H and O–H groups in total. The van der Waals surface area contributed by atoms with E-state index in [2.05, 4.69) is 34.6 Å². The monoisotopic (exact) mass is 408 g/mol. The molecular formula is C25H44O4. The van der Waals surface area contributed by atoms with E-state index in [0.717, 1.165) is 31.6 Å². The van der Waals surface area contributed by atoms with Crippen molar-refractivity contribution in [2.75, 3.05) is 7.11 Å². The van der Waals surface area contributed by atoms with Gasteiger partial charge in [-0.2, -0.15) is 0 Å². The third-order valence-corrected chi connectivity index (χ3v) is 7.44. The summed E-state index contributed by atoms with van der Waals surface area (Å²) in [4.78, 5) is 23.0. The van der Waals surface area contributed by atoms with Crippen LogP contribution in [0.25, 0.3) is 0 Å². The Balaban J connectivity index is 1.71. The van der Waals surface area contributed by atoms with E-state index in [1.165, 1.54) is 45.6 Å². The van der Waals surface area contributed by atoms with Crippen molar-refractivity contribution >= 4 is 5.97 Å². The molecular weight excluding hydrogens is 364 g/mol. The van der Waals surface area contributed by atoms with Crippen LogP contribution in [0.3, 0.4) is 0 Å². The van der Waals surface area contributed by atoms with E-state index in [9.17, 15) is 4.79 Å². The van der Waals surface area contributed by atoms with Crippen LogP contribution in [-0.4, -0.2) is 24.8 Å². The molecule has 4 nitrogen and oxygen atoms in total. The first-order chi connectivity index (χ1) is 13.6. The molecule has 0 saturated carbocycles. The van der Waals surface area contributed by atoms with Crippen LogP contribution in [-0.2, 0) is 19.3 Å². The highest BCUT2D eigenvalue weighted by atomic mass is 17.2. The fourth-order valence-electron chi connectivity index (χ4n) is 5.14. The number of allylic oxidation sites excluding steroid dienone is 2. The molecule has 1 aliphatic heterocycles. The molecule has 1 unspecified atom stereocenters. The second-order valence-electron chi connectivity index (χ2n) is 10.6. The topological polar surface area (TPSA) is 44.8 Å². The zero-order valence-electron chi connectivity index (χ0n) is 19.9. The summed E-state index contributed by atoms with van der Waals surface area (Å²) in [6.45, 7) is 13.6. The van der Waals surface area contributed by atoms with Crippen LogP contribution in [0.5, 0.6) is 0 Å². The number of esters is 1. The summed E-state index contributed by atoms with van der Waals surface area (Å²) in [5.74, 6) is 0.210. The average Bonchev–Trinajstić information content (AvgIpc) is 2.66. The van der Waals surface area contributed by atoms with Crippen molar-refractivity contribution in [2.24, 2.45) is 17.3 Å². The number of rotatable bonds is 9. The molecule has 2 aliphatic rings. The van der Waals surface area contributed by atoms with Gasteiger partial charge >= 0.3 is 5.97 Å². The predicted octanol–water partition coefficient (Wildman–Crippen LogP) is 6.78. The fraction of sp³-hybridized carbons (Fsp3) is 0.880. The maximum absolute atomic E-state index is 11.7. The van der Waals surface area contributed by atoms with Crippen LogP contribution < -0.4 is 0 Å². The number of carbonyl (C=O) groups is 1. The molecule has 0 aromatic carbocycles. The lowest BCUT2D eigenvalue weighted by molar-refractivity contribution is -0.411. The molecule has 1 aliphatic carbocycles. The van der Waals surface area contributed by atoms with Gasteiger partial charge in [-0.1, -0.05) is 44.8 Å². The normalized spacial score (nSPS) is 29.4. The number of hydrogen-bond donors (Lipinski definition) is 0. The third kappa shape index (κ3) is 6.82. The summed E-state index contributed by atoms with van der Waals surface area (Å²) in [5, 5.41) is 0. The van der Waals surface area contributed by atoms with Gasteiger partial charge in [0, 0.05) is 0 Å². The van der Waals surface area contributed by atoms with Crippen LogP contribution in [0, 0.1) is 17.3 Å². The molecule has 4 atom stereocenters. The summed E-state index contributed by atoms with van der Waals surface area (Å²) < 4.78 is 4.82. The largest absolute Gasteiger partial charge is 0.469 e.